The zero-order valence-corrected chi connectivity index (χ0v) is 11.7. The van der Waals surface area contributed by atoms with Crippen LogP contribution < -0.4 is 0 Å². The van der Waals surface area contributed by atoms with Gasteiger partial charge in [0.15, 0.2) is 0 Å². The summed E-state index contributed by atoms with van der Waals surface area (Å²) >= 11 is 0. The van der Waals surface area contributed by atoms with Crippen molar-refractivity contribution in [3.8, 4) is 5.75 Å². The van der Waals surface area contributed by atoms with E-state index in [0.717, 1.165) is 31.2 Å². The van der Waals surface area contributed by atoms with E-state index >= 15 is 0 Å². The minimum absolute atomic E-state index is 0. The van der Waals surface area contributed by atoms with Crippen molar-refractivity contribution in [2.45, 2.75) is 38.0 Å². The Morgan fingerprint density at radius 3 is 2.94 bits per heavy atom. The zero-order chi connectivity index (χ0) is 14.8. The summed E-state index contributed by atoms with van der Waals surface area (Å²) in [7, 11) is 0. The molecule has 1 unspecified atom stereocenters. The van der Waals surface area contributed by atoms with E-state index in [2.05, 4.69) is 6.92 Å². The average molecular weight is 273 g/mol. The second-order valence-electron chi connectivity index (χ2n) is 5.06. The Bertz CT molecular complexity index is 466. The lowest BCUT2D eigenvalue weighted by Crippen LogP contribution is -2.37. The van der Waals surface area contributed by atoms with Crippen LogP contribution in [0.5, 0.6) is 5.75 Å². The number of halogens is 1. The number of hydrogen-bond acceptors (Lipinski definition) is 2. The number of rotatable bonds is 2. The zero-order valence-electron chi connectivity index (χ0n) is 13.9. The lowest BCUT2D eigenvalue weighted by molar-refractivity contribution is 0.256. The second kappa shape index (κ2) is 6.44. The van der Waals surface area contributed by atoms with E-state index in [1.165, 1.54) is 0 Å². The second-order valence-corrected chi connectivity index (χ2v) is 5.06. The summed E-state index contributed by atoms with van der Waals surface area (Å²) in [5.41, 5.74) is 0.875. The number of benzene rings is 1. The summed E-state index contributed by atoms with van der Waals surface area (Å²) < 4.78 is 23.1. The molecule has 0 spiro atoms. The molecule has 1 aromatic rings. The van der Waals surface area contributed by atoms with Gasteiger partial charge in [-0.15, -0.1) is 12.4 Å². The fourth-order valence-electron chi connectivity index (χ4n) is 2.85. The van der Waals surface area contributed by atoms with Crippen molar-refractivity contribution >= 4 is 12.4 Å². The molecule has 2 nitrogen and oxygen atoms in total. The van der Waals surface area contributed by atoms with Gasteiger partial charge in [-0.2, -0.15) is 0 Å². The van der Waals surface area contributed by atoms with Crippen LogP contribution in [-0.4, -0.2) is 30.1 Å². The maximum atomic E-state index is 9.73. The van der Waals surface area contributed by atoms with E-state index < -0.39 is 6.98 Å². The number of hydrogen-bond donors (Lipinski definition) is 1. The van der Waals surface area contributed by atoms with Crippen molar-refractivity contribution in [1.29, 1.82) is 0 Å². The molecular weight excluding hydrogens is 246 g/mol. The van der Waals surface area contributed by atoms with Crippen molar-refractivity contribution in [1.82, 2.24) is 4.90 Å². The van der Waals surface area contributed by atoms with Gasteiger partial charge in [-0.05, 0) is 50.5 Å². The van der Waals surface area contributed by atoms with Crippen molar-refractivity contribution < 1.29 is 9.22 Å². The monoisotopic (exact) mass is 272 g/mol. The highest BCUT2D eigenvalue weighted by Gasteiger charge is 2.33. The third-order valence-electron chi connectivity index (χ3n) is 3.96. The van der Waals surface area contributed by atoms with Crippen molar-refractivity contribution in [2.75, 3.05) is 20.1 Å². The number of likely N-dealkylation sites (N-methyl/N-ethyl adjacent to an activating group) is 1. The van der Waals surface area contributed by atoms with E-state index in [-0.39, 0.29) is 23.6 Å². The minimum atomic E-state index is -2.04. The summed E-state index contributed by atoms with van der Waals surface area (Å²) in [5, 5.41) is 9.73. The van der Waals surface area contributed by atoms with E-state index in [4.69, 9.17) is 4.11 Å². The van der Waals surface area contributed by atoms with Crippen LogP contribution in [0.3, 0.4) is 0 Å². The first-order chi connectivity index (χ1) is 9.37. The van der Waals surface area contributed by atoms with Gasteiger partial charge in [-0.3, -0.25) is 0 Å². The van der Waals surface area contributed by atoms with Gasteiger partial charge in [0.2, 0.25) is 0 Å². The fraction of sp³-hybridized carbons (Fsp3) is 0.600. The summed E-state index contributed by atoms with van der Waals surface area (Å²) in [6.45, 7) is 1.22. The van der Waals surface area contributed by atoms with Gasteiger partial charge in [0.05, 0.1) is 0 Å². The Hall–Kier alpha value is -0.730. The minimum Gasteiger partial charge on any atom is -0.508 e. The van der Waals surface area contributed by atoms with E-state index in [9.17, 15) is 5.11 Å². The van der Waals surface area contributed by atoms with Crippen LogP contribution in [0, 0.1) is 0 Å². The standard InChI is InChI=1S/C15H23NO.ClH/c1-3-15(9-4-5-10-16(2)12-15)13-7-6-8-14(17)11-13;/h6-8,11,17H,3-5,9-10,12H2,1-2H3;1H/i2D3;. The van der Waals surface area contributed by atoms with Crippen molar-refractivity contribution in [3.05, 3.63) is 29.8 Å². The molecule has 1 fully saturated rings. The number of aromatic hydroxyl groups is 1. The lowest BCUT2D eigenvalue weighted by atomic mass is 9.74. The molecule has 1 aliphatic rings. The molecule has 102 valence electrons. The summed E-state index contributed by atoms with van der Waals surface area (Å²) in [4.78, 5) is 1.62. The third kappa shape index (κ3) is 3.18. The summed E-state index contributed by atoms with van der Waals surface area (Å²) in [6.07, 6.45) is 3.79. The van der Waals surface area contributed by atoms with Crippen molar-refractivity contribution in [2.24, 2.45) is 0 Å². The number of likely N-dealkylation sites (tertiary alicyclic amines) is 1. The third-order valence-corrected chi connectivity index (χ3v) is 3.96. The SMILES string of the molecule is Cl.[2H]C([2H])([2H])N1CCCCC(CC)(c2cccc(O)c2)C1. The molecule has 1 N–H and O–H groups in total. The summed E-state index contributed by atoms with van der Waals surface area (Å²) in [5.74, 6) is 0.250. The maximum absolute atomic E-state index is 9.73. The van der Waals surface area contributed by atoms with Gasteiger partial charge in [0, 0.05) is 16.1 Å². The maximum Gasteiger partial charge on any atom is 0.115 e. The predicted molar refractivity (Wildman–Crippen MR) is 78.7 cm³/mol. The number of phenols is 1. The Balaban J connectivity index is 0.00000220. The highest BCUT2D eigenvalue weighted by atomic mass is 35.5. The molecule has 0 aliphatic carbocycles. The van der Waals surface area contributed by atoms with Crippen LogP contribution in [0.4, 0.5) is 0 Å². The first-order valence-electron chi connectivity index (χ1n) is 7.92. The van der Waals surface area contributed by atoms with Gasteiger partial charge in [-0.1, -0.05) is 25.5 Å². The molecule has 0 radical (unpaired) electrons. The Morgan fingerprint density at radius 1 is 1.44 bits per heavy atom. The van der Waals surface area contributed by atoms with Crippen LogP contribution >= 0.6 is 12.4 Å². The van der Waals surface area contributed by atoms with Crippen LogP contribution in [0.2, 0.25) is 0 Å². The lowest BCUT2D eigenvalue weighted by Gasteiger charge is -2.35. The first-order valence-corrected chi connectivity index (χ1v) is 6.42. The van der Waals surface area contributed by atoms with E-state index in [1.807, 2.05) is 12.1 Å². The number of phenolic OH excluding ortho intramolecular Hbond substituents is 1. The highest BCUT2D eigenvalue weighted by Crippen LogP contribution is 2.37. The molecule has 18 heavy (non-hydrogen) atoms. The first kappa shape index (κ1) is 11.1. The fourth-order valence-corrected chi connectivity index (χ4v) is 2.85. The van der Waals surface area contributed by atoms with Crippen LogP contribution in [0.15, 0.2) is 24.3 Å². The molecule has 1 saturated heterocycles. The van der Waals surface area contributed by atoms with Gasteiger partial charge in [0.25, 0.3) is 0 Å². The normalized spacial score (nSPS) is 28.4. The van der Waals surface area contributed by atoms with E-state index in [0.29, 0.717) is 13.1 Å². The Morgan fingerprint density at radius 2 is 2.28 bits per heavy atom. The molecular formula is C15H24ClNO. The molecule has 0 bridgehead atoms. The van der Waals surface area contributed by atoms with Gasteiger partial charge in [-0.25, -0.2) is 0 Å². The molecule has 3 heteroatoms. The topological polar surface area (TPSA) is 23.5 Å². The van der Waals surface area contributed by atoms with Gasteiger partial charge < -0.3 is 10.0 Å². The molecule has 1 heterocycles. The van der Waals surface area contributed by atoms with Crippen molar-refractivity contribution in [3.63, 3.8) is 0 Å². The van der Waals surface area contributed by atoms with Gasteiger partial charge in [0.1, 0.15) is 5.75 Å². The summed E-state index contributed by atoms with van der Waals surface area (Å²) in [6, 6.07) is 7.29. The molecule has 2 rings (SSSR count). The van der Waals surface area contributed by atoms with Crippen LogP contribution in [0.1, 0.15) is 42.3 Å². The molecule has 0 amide bonds. The highest BCUT2D eigenvalue weighted by molar-refractivity contribution is 5.85. The Labute approximate surface area is 121 Å². The smallest absolute Gasteiger partial charge is 0.115 e. The quantitative estimate of drug-likeness (QED) is 0.890. The molecule has 1 atom stereocenters. The number of nitrogens with zero attached hydrogens (tertiary/aromatic N) is 1. The predicted octanol–water partition coefficient (Wildman–Crippen LogP) is 3.58. The van der Waals surface area contributed by atoms with Crippen LogP contribution in [0.25, 0.3) is 0 Å². The molecule has 1 aliphatic heterocycles. The molecule has 0 aromatic heterocycles. The van der Waals surface area contributed by atoms with E-state index in [1.54, 1.807) is 17.0 Å². The molecule has 0 saturated carbocycles. The van der Waals surface area contributed by atoms with Gasteiger partial charge >= 0.3 is 0 Å². The Kier molecular flexibility index (Phi) is 3.98. The van der Waals surface area contributed by atoms with Crippen LogP contribution in [-0.2, 0) is 5.41 Å². The average Bonchev–Trinajstić information content (AvgIpc) is 2.61. The molecule has 1 aromatic carbocycles. The largest absolute Gasteiger partial charge is 0.508 e.